The summed E-state index contributed by atoms with van der Waals surface area (Å²) in [6.45, 7) is 2.86. The van der Waals surface area contributed by atoms with Crippen molar-refractivity contribution in [3.8, 4) is 0 Å². The van der Waals surface area contributed by atoms with E-state index in [2.05, 4.69) is 24.6 Å². The fourth-order valence-corrected chi connectivity index (χ4v) is 0.573. The van der Waals surface area contributed by atoms with E-state index in [1.807, 2.05) is 0 Å². The van der Waals surface area contributed by atoms with E-state index in [4.69, 9.17) is 0 Å². The molecule has 0 spiro atoms. The lowest BCUT2D eigenvalue weighted by Gasteiger charge is -2.06. The standard InChI is InChI=1S/C3H6O3.C3H6O2/c1-2-4-6-5-3-1;1-2-4-5-3-1/h1-3H2;1-3H2. The van der Waals surface area contributed by atoms with Crippen LogP contribution in [0.2, 0.25) is 0 Å². The van der Waals surface area contributed by atoms with Crippen molar-refractivity contribution in [2.24, 2.45) is 0 Å². The molecule has 0 aromatic rings. The van der Waals surface area contributed by atoms with Crippen molar-refractivity contribution in [3.63, 3.8) is 0 Å². The van der Waals surface area contributed by atoms with Gasteiger partial charge in [-0.15, -0.1) is 0 Å². The molecule has 2 fully saturated rings. The fourth-order valence-electron chi connectivity index (χ4n) is 0.573. The molecule has 5 heteroatoms. The van der Waals surface area contributed by atoms with E-state index in [-0.39, 0.29) is 0 Å². The molecule has 2 rings (SSSR count). The average Bonchev–Trinajstić information content (AvgIpc) is 2.64. The predicted molar refractivity (Wildman–Crippen MR) is 34.1 cm³/mol. The lowest BCUT2D eigenvalue weighted by Crippen LogP contribution is -2.08. The molecule has 0 radical (unpaired) electrons. The van der Waals surface area contributed by atoms with Crippen LogP contribution in [0.1, 0.15) is 12.8 Å². The maximum Gasteiger partial charge on any atom is 0.0877 e. The summed E-state index contributed by atoms with van der Waals surface area (Å²) >= 11 is 0. The molecule has 0 aliphatic carbocycles. The van der Waals surface area contributed by atoms with Crippen LogP contribution >= 0.6 is 0 Å². The van der Waals surface area contributed by atoms with Crippen LogP contribution in [0.5, 0.6) is 0 Å². The monoisotopic (exact) mass is 164 g/mol. The second-order valence-corrected chi connectivity index (χ2v) is 2.06. The molecule has 0 unspecified atom stereocenters. The summed E-state index contributed by atoms with van der Waals surface area (Å²) < 4.78 is 0. The molecule has 2 heterocycles. The molecule has 2 aliphatic rings. The van der Waals surface area contributed by atoms with E-state index in [0.717, 1.165) is 26.1 Å². The fraction of sp³-hybridized carbons (Fsp3) is 1.00. The summed E-state index contributed by atoms with van der Waals surface area (Å²) in [4.78, 5) is 17.6. The van der Waals surface area contributed by atoms with Crippen molar-refractivity contribution in [1.29, 1.82) is 0 Å². The second kappa shape index (κ2) is 6.51. The van der Waals surface area contributed by atoms with E-state index < -0.39 is 0 Å². The summed E-state index contributed by atoms with van der Waals surface area (Å²) in [7, 11) is 0. The van der Waals surface area contributed by atoms with Crippen LogP contribution in [-0.2, 0) is 24.6 Å². The Hall–Kier alpha value is -0.200. The van der Waals surface area contributed by atoms with Crippen molar-refractivity contribution in [2.75, 3.05) is 26.4 Å². The first-order chi connectivity index (χ1) is 5.50. The lowest BCUT2D eigenvalue weighted by molar-refractivity contribution is -0.532. The molecule has 11 heavy (non-hydrogen) atoms. The maximum atomic E-state index is 4.44. The summed E-state index contributed by atoms with van der Waals surface area (Å²) in [5.74, 6) is 0. The van der Waals surface area contributed by atoms with Crippen LogP contribution in [0.4, 0.5) is 0 Å². The minimum absolute atomic E-state index is 0.653. The van der Waals surface area contributed by atoms with Gasteiger partial charge in [0.25, 0.3) is 0 Å². The minimum atomic E-state index is 0.653. The Kier molecular flexibility index (Phi) is 5.26. The van der Waals surface area contributed by atoms with Gasteiger partial charge < -0.3 is 0 Å². The van der Waals surface area contributed by atoms with E-state index >= 15 is 0 Å². The zero-order chi connectivity index (χ0) is 7.78. The largest absolute Gasteiger partial charge is 0.237 e. The van der Waals surface area contributed by atoms with Gasteiger partial charge in [0.05, 0.1) is 26.4 Å². The Bertz CT molecular complexity index is 59.9. The molecular formula is C6H12O5. The lowest BCUT2D eigenvalue weighted by atomic mass is 10.5. The van der Waals surface area contributed by atoms with Crippen LogP contribution in [0, 0.1) is 0 Å². The molecule has 0 aromatic heterocycles. The highest BCUT2D eigenvalue weighted by Crippen LogP contribution is 1.93. The van der Waals surface area contributed by atoms with Crippen molar-refractivity contribution in [2.45, 2.75) is 12.8 Å². The second-order valence-electron chi connectivity index (χ2n) is 2.06. The molecule has 5 nitrogen and oxygen atoms in total. The van der Waals surface area contributed by atoms with Gasteiger partial charge in [0.2, 0.25) is 0 Å². The van der Waals surface area contributed by atoms with Crippen molar-refractivity contribution in [1.82, 2.24) is 0 Å². The van der Waals surface area contributed by atoms with Crippen molar-refractivity contribution in [3.05, 3.63) is 0 Å². The number of hydrogen-bond donors (Lipinski definition) is 0. The normalized spacial score (nSPS) is 24.0. The van der Waals surface area contributed by atoms with Gasteiger partial charge in [-0.1, -0.05) is 5.04 Å². The summed E-state index contributed by atoms with van der Waals surface area (Å²) in [6.07, 6.45) is 1.99. The number of hydrogen-bond acceptors (Lipinski definition) is 5. The zero-order valence-corrected chi connectivity index (χ0v) is 6.28. The van der Waals surface area contributed by atoms with Gasteiger partial charge in [-0.25, -0.2) is 19.6 Å². The Morgan fingerprint density at radius 2 is 1.00 bits per heavy atom. The van der Waals surface area contributed by atoms with Crippen molar-refractivity contribution < 1.29 is 24.6 Å². The molecule has 2 aliphatic heterocycles. The highest BCUT2D eigenvalue weighted by atomic mass is 17.5. The molecule has 2 saturated heterocycles. The summed E-state index contributed by atoms with van der Waals surface area (Å²) in [5.41, 5.74) is 0. The van der Waals surface area contributed by atoms with Gasteiger partial charge in [-0.3, -0.25) is 0 Å². The van der Waals surface area contributed by atoms with Gasteiger partial charge in [-0.2, -0.15) is 0 Å². The quantitative estimate of drug-likeness (QED) is 0.491. The zero-order valence-electron chi connectivity index (χ0n) is 6.28. The van der Waals surface area contributed by atoms with Crippen molar-refractivity contribution >= 4 is 0 Å². The molecule has 0 bridgehead atoms. The van der Waals surface area contributed by atoms with Crippen LogP contribution in [0.3, 0.4) is 0 Å². The highest BCUT2D eigenvalue weighted by Gasteiger charge is 1.96. The summed E-state index contributed by atoms with van der Waals surface area (Å²) in [5, 5.41) is 4.07. The van der Waals surface area contributed by atoms with Crippen LogP contribution in [0.25, 0.3) is 0 Å². The van der Waals surface area contributed by atoms with Gasteiger partial charge in [0.1, 0.15) is 0 Å². The Labute approximate surface area is 64.9 Å². The van der Waals surface area contributed by atoms with Gasteiger partial charge in [-0.05, 0) is 0 Å². The smallest absolute Gasteiger partial charge is 0.0877 e. The van der Waals surface area contributed by atoms with Gasteiger partial charge >= 0.3 is 0 Å². The minimum Gasteiger partial charge on any atom is -0.237 e. The predicted octanol–water partition coefficient (Wildman–Crippen LogP) is 0.608. The topological polar surface area (TPSA) is 46.2 Å². The molecule has 0 amide bonds. The molecule has 0 N–H and O–H groups in total. The Morgan fingerprint density at radius 1 is 0.545 bits per heavy atom. The SMILES string of the molecule is C1COOC1.C1COOOC1. The van der Waals surface area contributed by atoms with Crippen LogP contribution < -0.4 is 0 Å². The van der Waals surface area contributed by atoms with Gasteiger partial charge in [0.15, 0.2) is 0 Å². The van der Waals surface area contributed by atoms with E-state index in [1.165, 1.54) is 0 Å². The third-order valence-electron chi connectivity index (χ3n) is 1.09. The first-order valence-corrected chi connectivity index (χ1v) is 3.65. The summed E-state index contributed by atoms with van der Waals surface area (Å²) in [6, 6.07) is 0. The third-order valence-corrected chi connectivity index (χ3v) is 1.09. The Balaban J connectivity index is 0.000000112. The molecule has 0 atom stereocenters. The van der Waals surface area contributed by atoms with Crippen LogP contribution in [0.15, 0.2) is 0 Å². The average molecular weight is 164 g/mol. The van der Waals surface area contributed by atoms with E-state index in [9.17, 15) is 0 Å². The van der Waals surface area contributed by atoms with E-state index in [1.54, 1.807) is 0 Å². The molecular weight excluding hydrogens is 152 g/mol. The van der Waals surface area contributed by atoms with Crippen LogP contribution in [-0.4, -0.2) is 26.4 Å². The first-order valence-electron chi connectivity index (χ1n) is 3.65. The molecule has 0 aromatic carbocycles. The first kappa shape index (κ1) is 8.89. The highest BCUT2D eigenvalue weighted by molar-refractivity contribution is 4.31. The number of rotatable bonds is 0. The molecule has 66 valence electrons. The maximum absolute atomic E-state index is 4.44. The van der Waals surface area contributed by atoms with Gasteiger partial charge in [0, 0.05) is 12.8 Å². The third kappa shape index (κ3) is 5.11. The Morgan fingerprint density at radius 3 is 1.18 bits per heavy atom. The van der Waals surface area contributed by atoms with E-state index in [0.29, 0.717) is 13.2 Å². The molecule has 0 saturated carbocycles.